The molecule has 0 aliphatic carbocycles. The van der Waals surface area contributed by atoms with Gasteiger partial charge in [0.05, 0.1) is 6.20 Å². The summed E-state index contributed by atoms with van der Waals surface area (Å²) in [5.74, 6) is 0. The van der Waals surface area contributed by atoms with E-state index in [-0.39, 0.29) is 17.0 Å². The number of halogens is 1. The summed E-state index contributed by atoms with van der Waals surface area (Å²) in [5.41, 5.74) is 5.81. The normalized spacial score (nSPS) is 8.12. The van der Waals surface area contributed by atoms with Crippen LogP contribution in [-0.2, 0) is 6.54 Å². The first-order valence-electron chi connectivity index (χ1n) is 1.90. The quantitative estimate of drug-likeness (QED) is 0.665. The van der Waals surface area contributed by atoms with Crippen molar-refractivity contribution in [3.05, 3.63) is 11.9 Å². The minimum Gasteiger partial charge on any atom is -0.325 e. The maximum Gasteiger partial charge on any atom is 0.118 e. The van der Waals surface area contributed by atoms with Gasteiger partial charge in [-0.1, -0.05) is 10.3 Å². The van der Waals surface area contributed by atoms with E-state index in [9.17, 15) is 0 Å². The molecule has 0 spiro atoms. The molecule has 2 N–H and O–H groups in total. The molecule has 0 aliphatic heterocycles. The van der Waals surface area contributed by atoms with Crippen LogP contribution >= 0.6 is 17.0 Å². The first-order valence-corrected chi connectivity index (χ1v) is 1.90. The molecule has 1 rings (SSSR count). The lowest BCUT2D eigenvalue weighted by atomic mass is 10.5. The summed E-state index contributed by atoms with van der Waals surface area (Å²) >= 11 is 0. The van der Waals surface area contributed by atoms with Crippen LogP contribution in [0.2, 0.25) is 0 Å². The topological polar surface area (TPSA) is 64.9 Å². The van der Waals surface area contributed by atoms with Gasteiger partial charge in [-0.25, -0.2) is 4.63 Å². The standard InChI is InChI=1S/C3H5N3O.BrH/c4-1-3-2-5-7-6-3;/h2H,1,4H2;1H. The molecule has 0 unspecified atom stereocenters. The van der Waals surface area contributed by atoms with Gasteiger partial charge in [-0.05, 0) is 0 Å². The monoisotopic (exact) mass is 179 g/mol. The predicted molar refractivity (Wildman–Crippen MR) is 32.5 cm³/mol. The fraction of sp³-hybridized carbons (Fsp3) is 0.333. The predicted octanol–water partition coefficient (Wildman–Crippen LogP) is 0.106. The zero-order valence-electron chi connectivity index (χ0n) is 4.07. The molecule has 8 heavy (non-hydrogen) atoms. The lowest BCUT2D eigenvalue weighted by molar-refractivity contribution is 0.303. The molecule has 1 heterocycles. The summed E-state index contributed by atoms with van der Waals surface area (Å²) in [4.78, 5) is 0. The molecule has 0 aliphatic rings. The average molecular weight is 180 g/mol. The molecule has 1 aromatic rings. The van der Waals surface area contributed by atoms with E-state index in [0.717, 1.165) is 0 Å². The molecule has 0 saturated carbocycles. The molecule has 4 nitrogen and oxygen atoms in total. The van der Waals surface area contributed by atoms with E-state index in [1.54, 1.807) is 0 Å². The van der Waals surface area contributed by atoms with Crippen molar-refractivity contribution in [2.24, 2.45) is 5.73 Å². The first kappa shape index (κ1) is 7.58. The van der Waals surface area contributed by atoms with Gasteiger partial charge in [-0.2, -0.15) is 0 Å². The second-order valence-electron chi connectivity index (χ2n) is 1.10. The van der Waals surface area contributed by atoms with Crippen LogP contribution in [0, 0.1) is 0 Å². The maximum atomic E-state index is 5.13. The van der Waals surface area contributed by atoms with Crippen LogP contribution in [0.1, 0.15) is 5.69 Å². The van der Waals surface area contributed by atoms with Gasteiger partial charge < -0.3 is 5.73 Å². The minimum absolute atomic E-state index is 0. The molecule has 46 valence electrons. The number of hydrogen-bond acceptors (Lipinski definition) is 4. The second kappa shape index (κ2) is 3.57. The Hall–Kier alpha value is -0.420. The number of nitrogens with two attached hydrogens (primary N) is 1. The summed E-state index contributed by atoms with van der Waals surface area (Å²) in [7, 11) is 0. The number of nitrogens with zero attached hydrogens (tertiary/aromatic N) is 2. The van der Waals surface area contributed by atoms with Gasteiger partial charge in [-0.15, -0.1) is 17.0 Å². The van der Waals surface area contributed by atoms with Crippen LogP contribution in [0.15, 0.2) is 10.8 Å². The SMILES string of the molecule is Br.NCc1cnon1. The van der Waals surface area contributed by atoms with Crippen molar-refractivity contribution < 1.29 is 4.63 Å². The van der Waals surface area contributed by atoms with Crippen LogP contribution < -0.4 is 5.73 Å². The highest BCUT2D eigenvalue weighted by atomic mass is 79.9. The molecule has 0 atom stereocenters. The molecule has 0 amide bonds. The maximum absolute atomic E-state index is 5.13. The van der Waals surface area contributed by atoms with Crippen molar-refractivity contribution >= 4 is 17.0 Å². The Balaban J connectivity index is 0.000000490. The molecule has 0 saturated heterocycles. The fourth-order valence-corrected chi connectivity index (χ4v) is 0.274. The largest absolute Gasteiger partial charge is 0.325 e. The average Bonchev–Trinajstić information content (AvgIpc) is 2.14. The van der Waals surface area contributed by atoms with E-state index in [2.05, 4.69) is 14.9 Å². The van der Waals surface area contributed by atoms with Gasteiger partial charge in [0.25, 0.3) is 0 Å². The molecule has 0 radical (unpaired) electrons. The van der Waals surface area contributed by atoms with E-state index in [1.807, 2.05) is 0 Å². The van der Waals surface area contributed by atoms with Crippen molar-refractivity contribution in [2.75, 3.05) is 0 Å². The lowest BCUT2D eigenvalue weighted by Crippen LogP contribution is -1.94. The second-order valence-corrected chi connectivity index (χ2v) is 1.10. The van der Waals surface area contributed by atoms with Crippen LogP contribution in [0.3, 0.4) is 0 Å². The van der Waals surface area contributed by atoms with Gasteiger partial charge in [0.15, 0.2) is 0 Å². The minimum atomic E-state index is 0. The number of aromatic nitrogens is 2. The van der Waals surface area contributed by atoms with E-state index >= 15 is 0 Å². The third-order valence-corrected chi connectivity index (χ3v) is 0.616. The smallest absolute Gasteiger partial charge is 0.118 e. The Morgan fingerprint density at radius 2 is 2.50 bits per heavy atom. The van der Waals surface area contributed by atoms with Crippen LogP contribution in [0.25, 0.3) is 0 Å². The van der Waals surface area contributed by atoms with Gasteiger partial charge in [0.1, 0.15) is 5.69 Å². The Morgan fingerprint density at radius 1 is 1.75 bits per heavy atom. The summed E-state index contributed by atoms with van der Waals surface area (Å²) in [6.07, 6.45) is 1.49. The Labute approximate surface area is 56.8 Å². The summed E-state index contributed by atoms with van der Waals surface area (Å²) in [5, 5.41) is 6.75. The van der Waals surface area contributed by atoms with Gasteiger partial charge in [0.2, 0.25) is 0 Å². The zero-order chi connectivity index (χ0) is 5.11. The molecule has 0 fully saturated rings. The number of rotatable bonds is 1. The van der Waals surface area contributed by atoms with Crippen molar-refractivity contribution in [2.45, 2.75) is 6.54 Å². The van der Waals surface area contributed by atoms with E-state index in [1.165, 1.54) is 6.20 Å². The summed E-state index contributed by atoms with van der Waals surface area (Å²) in [6, 6.07) is 0. The molecular weight excluding hydrogens is 174 g/mol. The van der Waals surface area contributed by atoms with Crippen LogP contribution in [-0.4, -0.2) is 10.3 Å². The molecular formula is C3H6BrN3O. The van der Waals surface area contributed by atoms with Crippen molar-refractivity contribution in [3.8, 4) is 0 Å². The van der Waals surface area contributed by atoms with Crippen molar-refractivity contribution in [1.82, 2.24) is 10.3 Å². The van der Waals surface area contributed by atoms with Gasteiger partial charge in [-0.3, -0.25) is 0 Å². The first-order chi connectivity index (χ1) is 3.43. The van der Waals surface area contributed by atoms with E-state index in [0.29, 0.717) is 12.2 Å². The Morgan fingerprint density at radius 3 is 2.75 bits per heavy atom. The van der Waals surface area contributed by atoms with Gasteiger partial charge in [0, 0.05) is 6.54 Å². The third-order valence-electron chi connectivity index (χ3n) is 0.616. The van der Waals surface area contributed by atoms with Crippen LogP contribution in [0.4, 0.5) is 0 Å². The molecule has 5 heteroatoms. The third kappa shape index (κ3) is 1.59. The molecule has 0 bridgehead atoms. The van der Waals surface area contributed by atoms with E-state index in [4.69, 9.17) is 5.73 Å². The Bertz CT molecular complexity index is 129. The van der Waals surface area contributed by atoms with Crippen molar-refractivity contribution in [3.63, 3.8) is 0 Å². The van der Waals surface area contributed by atoms with Crippen molar-refractivity contribution in [1.29, 1.82) is 0 Å². The molecule has 1 aromatic heterocycles. The highest BCUT2D eigenvalue weighted by molar-refractivity contribution is 8.93. The summed E-state index contributed by atoms with van der Waals surface area (Å²) in [6.45, 7) is 0.392. The van der Waals surface area contributed by atoms with Gasteiger partial charge >= 0.3 is 0 Å². The lowest BCUT2D eigenvalue weighted by Gasteiger charge is -1.73. The zero-order valence-corrected chi connectivity index (χ0v) is 5.79. The Kier molecular flexibility index (Phi) is 3.38. The molecule has 0 aromatic carbocycles. The summed E-state index contributed by atoms with van der Waals surface area (Å²) < 4.78 is 4.23. The highest BCUT2D eigenvalue weighted by Crippen LogP contribution is 1.84. The number of hydrogen-bond donors (Lipinski definition) is 1. The highest BCUT2D eigenvalue weighted by Gasteiger charge is 1.88. The van der Waals surface area contributed by atoms with E-state index < -0.39 is 0 Å². The fourth-order valence-electron chi connectivity index (χ4n) is 0.274. The van der Waals surface area contributed by atoms with Crippen LogP contribution in [0.5, 0.6) is 0 Å².